The van der Waals surface area contributed by atoms with E-state index >= 15 is 0 Å². The van der Waals surface area contributed by atoms with Gasteiger partial charge in [0, 0.05) is 23.2 Å². The number of ether oxygens (including phenoxy) is 1. The number of amides is 3. The summed E-state index contributed by atoms with van der Waals surface area (Å²) < 4.78 is 5.54. The van der Waals surface area contributed by atoms with Crippen LogP contribution < -0.4 is 20.7 Å². The Kier molecular flexibility index (Phi) is 7.78. The number of nitrogens with one attached hydrogen (secondary N) is 3. The Bertz CT molecular complexity index is 674. The maximum Gasteiger partial charge on any atom is 0.321 e. The fourth-order valence-corrected chi connectivity index (χ4v) is 2.78. The first-order chi connectivity index (χ1) is 12.2. The summed E-state index contributed by atoms with van der Waals surface area (Å²) >= 11 is 1.64. The van der Waals surface area contributed by atoms with Crippen molar-refractivity contribution in [2.24, 2.45) is 0 Å². The van der Waals surface area contributed by atoms with Gasteiger partial charge in [0.2, 0.25) is 5.91 Å². The summed E-state index contributed by atoms with van der Waals surface area (Å²) in [7, 11) is 0. The van der Waals surface area contributed by atoms with Gasteiger partial charge in [-0.2, -0.15) is 0 Å². The molecule has 2 rings (SSSR count). The quantitative estimate of drug-likeness (QED) is 0.641. The molecule has 0 aliphatic heterocycles. The highest BCUT2D eigenvalue weighted by Crippen LogP contribution is 2.17. The van der Waals surface area contributed by atoms with E-state index in [0.717, 1.165) is 24.3 Å². The first kappa shape index (κ1) is 18.8. The molecule has 0 spiro atoms. The topological polar surface area (TPSA) is 79.5 Å². The van der Waals surface area contributed by atoms with Gasteiger partial charge in [0.25, 0.3) is 0 Å². The van der Waals surface area contributed by atoms with Crippen molar-refractivity contribution in [1.29, 1.82) is 0 Å². The molecule has 0 fully saturated rings. The highest BCUT2D eigenvalue weighted by molar-refractivity contribution is 7.09. The van der Waals surface area contributed by atoms with Crippen molar-refractivity contribution in [3.8, 4) is 5.75 Å². The molecule has 3 N–H and O–H groups in total. The standard InChI is InChI=1S/C18H23N3O3S/c1-2-10-24-15-6-3-5-14(12-15)20-13-17(22)21-18(23)19-9-8-16-7-4-11-25-16/h3-7,11-12,20H,2,8-10,13H2,1H3,(H2,19,21,22,23). The molecule has 25 heavy (non-hydrogen) atoms. The zero-order valence-electron chi connectivity index (χ0n) is 14.2. The predicted molar refractivity (Wildman–Crippen MR) is 100 cm³/mol. The number of hydrogen-bond donors (Lipinski definition) is 3. The van der Waals surface area contributed by atoms with Gasteiger partial charge in [-0.15, -0.1) is 11.3 Å². The maximum atomic E-state index is 11.8. The van der Waals surface area contributed by atoms with Crippen LogP contribution in [0, 0.1) is 0 Å². The van der Waals surface area contributed by atoms with Crippen LogP contribution in [0.3, 0.4) is 0 Å². The first-order valence-corrected chi connectivity index (χ1v) is 9.12. The SMILES string of the molecule is CCCOc1cccc(NCC(=O)NC(=O)NCCc2cccs2)c1. The monoisotopic (exact) mass is 361 g/mol. The molecular formula is C18H23N3O3S. The molecule has 6 nitrogen and oxygen atoms in total. The summed E-state index contributed by atoms with van der Waals surface area (Å²) in [6, 6.07) is 10.9. The third-order valence-corrected chi connectivity index (χ3v) is 4.19. The lowest BCUT2D eigenvalue weighted by atomic mass is 10.3. The third-order valence-electron chi connectivity index (χ3n) is 3.25. The third kappa shape index (κ3) is 7.26. The lowest BCUT2D eigenvalue weighted by Gasteiger charge is -2.10. The largest absolute Gasteiger partial charge is 0.494 e. The number of carbonyl (C=O) groups is 2. The van der Waals surface area contributed by atoms with Crippen LogP contribution in [0.15, 0.2) is 41.8 Å². The number of thiophene rings is 1. The average molecular weight is 361 g/mol. The van der Waals surface area contributed by atoms with E-state index in [4.69, 9.17) is 4.74 Å². The average Bonchev–Trinajstić information content (AvgIpc) is 3.12. The van der Waals surface area contributed by atoms with E-state index in [1.165, 1.54) is 4.88 Å². The summed E-state index contributed by atoms with van der Waals surface area (Å²) in [4.78, 5) is 24.7. The summed E-state index contributed by atoms with van der Waals surface area (Å²) in [6.07, 6.45) is 1.68. The van der Waals surface area contributed by atoms with Gasteiger partial charge in [0.05, 0.1) is 13.2 Å². The highest BCUT2D eigenvalue weighted by Gasteiger charge is 2.07. The summed E-state index contributed by atoms with van der Waals surface area (Å²) in [6.45, 7) is 3.19. The minimum Gasteiger partial charge on any atom is -0.494 e. The molecule has 1 heterocycles. The molecule has 1 aromatic heterocycles. The molecule has 0 atom stereocenters. The number of carbonyl (C=O) groups excluding carboxylic acids is 2. The second kappa shape index (κ2) is 10.4. The molecule has 0 bridgehead atoms. The fraction of sp³-hybridized carbons (Fsp3) is 0.333. The van der Waals surface area contributed by atoms with Gasteiger partial charge in [-0.05, 0) is 36.4 Å². The second-order valence-corrected chi connectivity index (χ2v) is 6.40. The number of anilines is 1. The van der Waals surface area contributed by atoms with E-state index in [-0.39, 0.29) is 6.54 Å². The highest BCUT2D eigenvalue weighted by atomic mass is 32.1. The number of imide groups is 1. The number of benzene rings is 1. The van der Waals surface area contributed by atoms with E-state index < -0.39 is 11.9 Å². The van der Waals surface area contributed by atoms with E-state index in [0.29, 0.717) is 13.2 Å². The van der Waals surface area contributed by atoms with Crippen LogP contribution in [-0.4, -0.2) is 31.6 Å². The summed E-state index contributed by atoms with van der Waals surface area (Å²) in [5, 5.41) is 9.94. The molecule has 1 aromatic carbocycles. The van der Waals surface area contributed by atoms with Gasteiger partial charge in [-0.3, -0.25) is 10.1 Å². The van der Waals surface area contributed by atoms with Crippen LogP contribution in [0.4, 0.5) is 10.5 Å². The van der Waals surface area contributed by atoms with Crippen molar-refractivity contribution in [3.63, 3.8) is 0 Å². The van der Waals surface area contributed by atoms with Gasteiger partial charge >= 0.3 is 6.03 Å². The van der Waals surface area contributed by atoms with Crippen LogP contribution in [0.5, 0.6) is 5.75 Å². The molecule has 3 amide bonds. The lowest BCUT2D eigenvalue weighted by Crippen LogP contribution is -2.42. The van der Waals surface area contributed by atoms with Crippen molar-refractivity contribution in [2.45, 2.75) is 19.8 Å². The number of hydrogen-bond acceptors (Lipinski definition) is 5. The molecule has 0 radical (unpaired) electrons. The molecule has 134 valence electrons. The van der Waals surface area contributed by atoms with Crippen LogP contribution >= 0.6 is 11.3 Å². The molecule has 0 saturated carbocycles. The molecule has 7 heteroatoms. The van der Waals surface area contributed by atoms with Crippen molar-refractivity contribution < 1.29 is 14.3 Å². The Morgan fingerprint density at radius 1 is 1.20 bits per heavy atom. The van der Waals surface area contributed by atoms with Gasteiger partial charge < -0.3 is 15.4 Å². The van der Waals surface area contributed by atoms with Gasteiger partial charge in [-0.25, -0.2) is 4.79 Å². The van der Waals surface area contributed by atoms with Crippen LogP contribution in [-0.2, 0) is 11.2 Å². The van der Waals surface area contributed by atoms with Crippen LogP contribution in [0.2, 0.25) is 0 Å². The van der Waals surface area contributed by atoms with E-state index in [9.17, 15) is 9.59 Å². The molecule has 0 saturated heterocycles. The zero-order chi connectivity index (χ0) is 17.9. The zero-order valence-corrected chi connectivity index (χ0v) is 15.0. The Morgan fingerprint density at radius 2 is 2.08 bits per heavy atom. The van der Waals surface area contributed by atoms with Crippen molar-refractivity contribution in [3.05, 3.63) is 46.7 Å². The van der Waals surface area contributed by atoms with Crippen molar-refractivity contribution >= 4 is 29.0 Å². The normalized spacial score (nSPS) is 10.1. The van der Waals surface area contributed by atoms with Gasteiger partial charge in [-0.1, -0.05) is 19.1 Å². The maximum absolute atomic E-state index is 11.8. The second-order valence-electron chi connectivity index (χ2n) is 5.36. The van der Waals surface area contributed by atoms with E-state index in [1.807, 2.05) is 48.7 Å². The molecule has 0 aliphatic rings. The minimum absolute atomic E-state index is 0.00950. The summed E-state index contributed by atoms with van der Waals surface area (Å²) in [5.41, 5.74) is 0.766. The molecule has 0 aliphatic carbocycles. The Hall–Kier alpha value is -2.54. The molecule has 2 aromatic rings. The van der Waals surface area contributed by atoms with Crippen LogP contribution in [0.25, 0.3) is 0 Å². The smallest absolute Gasteiger partial charge is 0.321 e. The lowest BCUT2D eigenvalue weighted by molar-refractivity contribution is -0.118. The van der Waals surface area contributed by atoms with Gasteiger partial charge in [0.1, 0.15) is 5.75 Å². The Labute approximate surface area is 151 Å². The van der Waals surface area contributed by atoms with Crippen molar-refractivity contribution in [2.75, 3.05) is 25.0 Å². The fourth-order valence-electron chi connectivity index (χ4n) is 2.07. The molecular weight excluding hydrogens is 338 g/mol. The Morgan fingerprint density at radius 3 is 2.84 bits per heavy atom. The van der Waals surface area contributed by atoms with E-state index in [2.05, 4.69) is 16.0 Å². The number of urea groups is 1. The molecule has 0 unspecified atom stereocenters. The van der Waals surface area contributed by atoms with Crippen LogP contribution in [0.1, 0.15) is 18.2 Å². The first-order valence-electron chi connectivity index (χ1n) is 8.24. The van der Waals surface area contributed by atoms with E-state index in [1.54, 1.807) is 11.3 Å². The van der Waals surface area contributed by atoms with Gasteiger partial charge in [0.15, 0.2) is 0 Å². The minimum atomic E-state index is -0.483. The Balaban J connectivity index is 1.66. The summed E-state index contributed by atoms with van der Waals surface area (Å²) in [5.74, 6) is 0.354. The predicted octanol–water partition coefficient (Wildman–Crippen LogP) is 3.02. The number of rotatable bonds is 9. The van der Waals surface area contributed by atoms with Crippen molar-refractivity contribution in [1.82, 2.24) is 10.6 Å².